The summed E-state index contributed by atoms with van der Waals surface area (Å²) in [5.41, 5.74) is 0. The van der Waals surface area contributed by atoms with Crippen LogP contribution in [-0.2, 0) is 28.6 Å². The Kier molecular flexibility index (Phi) is 10.5. The minimum absolute atomic E-state index is 0.0990. The quantitative estimate of drug-likeness (QED) is 0.406. The van der Waals surface area contributed by atoms with Crippen LogP contribution in [0, 0.1) is 11.3 Å². The molecule has 0 fully saturated rings. The van der Waals surface area contributed by atoms with Crippen molar-refractivity contribution in [1.82, 2.24) is 4.90 Å². The maximum absolute atomic E-state index is 11.3. The average molecular weight is 300 g/mol. The summed E-state index contributed by atoms with van der Waals surface area (Å²) < 4.78 is 14.3. The van der Waals surface area contributed by atoms with E-state index in [9.17, 15) is 14.4 Å². The molecule has 8 heteroatoms. The maximum atomic E-state index is 11.3. The van der Waals surface area contributed by atoms with Gasteiger partial charge in [-0.2, -0.15) is 5.26 Å². The molecule has 0 aliphatic rings. The van der Waals surface area contributed by atoms with E-state index in [1.807, 2.05) is 0 Å². The molecule has 0 amide bonds. The van der Waals surface area contributed by atoms with Gasteiger partial charge in [-0.3, -0.25) is 19.3 Å². The Morgan fingerprint density at radius 2 is 1.48 bits per heavy atom. The molecule has 0 aromatic rings. The molecular formula is C13H20N2O6. The Morgan fingerprint density at radius 1 is 0.952 bits per heavy atom. The number of hydrogen-bond acceptors (Lipinski definition) is 8. The molecule has 0 aliphatic carbocycles. The summed E-state index contributed by atoms with van der Waals surface area (Å²) >= 11 is 0. The van der Waals surface area contributed by atoms with E-state index in [0.717, 1.165) is 0 Å². The van der Waals surface area contributed by atoms with E-state index >= 15 is 0 Å². The number of rotatable bonds is 10. The molecule has 0 N–H and O–H groups in total. The molecular weight excluding hydrogens is 280 g/mol. The van der Waals surface area contributed by atoms with E-state index in [-0.39, 0.29) is 38.2 Å². The highest BCUT2D eigenvalue weighted by Crippen LogP contribution is 1.96. The van der Waals surface area contributed by atoms with E-state index in [2.05, 4.69) is 4.74 Å². The van der Waals surface area contributed by atoms with Crippen molar-refractivity contribution in [3.8, 4) is 6.07 Å². The third kappa shape index (κ3) is 12.6. The number of carbonyl (C=O) groups excluding carboxylic acids is 3. The predicted octanol–water partition coefficient (Wildman–Crippen LogP) is -0.129. The summed E-state index contributed by atoms with van der Waals surface area (Å²) in [6, 6.07) is 1.71. The van der Waals surface area contributed by atoms with Crippen LogP contribution in [0.25, 0.3) is 0 Å². The number of esters is 3. The van der Waals surface area contributed by atoms with Crippen LogP contribution in [0.4, 0.5) is 0 Å². The van der Waals surface area contributed by atoms with E-state index in [1.54, 1.807) is 11.0 Å². The first-order valence-corrected chi connectivity index (χ1v) is 6.47. The minimum Gasteiger partial charge on any atom is -0.465 e. The maximum Gasteiger partial charge on any atom is 0.308 e. The molecule has 0 atom stereocenters. The van der Waals surface area contributed by atoms with E-state index in [0.29, 0.717) is 19.6 Å². The normalized spacial score (nSPS) is 9.81. The SMILES string of the molecule is CC(=O)OCCN(CCOC(C)=O)CCC(=O)OCC#N. The monoisotopic (exact) mass is 300 g/mol. The van der Waals surface area contributed by atoms with Crippen LogP contribution >= 0.6 is 0 Å². The number of hydrogen-bond donors (Lipinski definition) is 0. The Hall–Kier alpha value is -2.14. The Labute approximate surface area is 123 Å². The lowest BCUT2D eigenvalue weighted by atomic mass is 10.3. The van der Waals surface area contributed by atoms with E-state index in [4.69, 9.17) is 14.7 Å². The first-order chi connectivity index (χ1) is 9.95. The van der Waals surface area contributed by atoms with E-state index in [1.165, 1.54) is 13.8 Å². The van der Waals surface area contributed by atoms with Crippen LogP contribution in [0.2, 0.25) is 0 Å². The highest BCUT2D eigenvalue weighted by atomic mass is 16.5. The van der Waals surface area contributed by atoms with Gasteiger partial charge in [-0.25, -0.2) is 0 Å². The molecule has 21 heavy (non-hydrogen) atoms. The lowest BCUT2D eigenvalue weighted by Gasteiger charge is -2.21. The van der Waals surface area contributed by atoms with Crippen molar-refractivity contribution in [1.29, 1.82) is 5.26 Å². The first-order valence-electron chi connectivity index (χ1n) is 6.47. The molecule has 0 saturated heterocycles. The molecule has 0 aliphatic heterocycles. The fraction of sp³-hybridized carbons (Fsp3) is 0.692. The summed E-state index contributed by atoms with van der Waals surface area (Å²) in [7, 11) is 0. The van der Waals surface area contributed by atoms with Gasteiger partial charge in [0.25, 0.3) is 0 Å². The first kappa shape index (κ1) is 18.9. The molecule has 0 spiro atoms. The third-order valence-electron chi connectivity index (χ3n) is 2.36. The zero-order valence-corrected chi connectivity index (χ0v) is 12.3. The van der Waals surface area contributed by atoms with Crippen molar-refractivity contribution >= 4 is 17.9 Å². The van der Waals surface area contributed by atoms with Crippen molar-refractivity contribution in [2.45, 2.75) is 20.3 Å². The van der Waals surface area contributed by atoms with Crippen molar-refractivity contribution in [2.75, 3.05) is 39.5 Å². The number of nitrogens with zero attached hydrogens (tertiary/aromatic N) is 2. The van der Waals surface area contributed by atoms with E-state index < -0.39 is 5.97 Å². The molecule has 8 nitrogen and oxygen atoms in total. The van der Waals surface area contributed by atoms with Gasteiger partial charge in [-0.15, -0.1) is 0 Å². The molecule has 0 unspecified atom stereocenters. The highest BCUT2D eigenvalue weighted by molar-refractivity contribution is 5.69. The minimum atomic E-state index is -0.485. The summed E-state index contributed by atoms with van der Waals surface area (Å²) in [5, 5.41) is 8.29. The van der Waals surface area contributed by atoms with Gasteiger partial charge in [0.2, 0.25) is 0 Å². The van der Waals surface area contributed by atoms with Gasteiger partial charge < -0.3 is 14.2 Å². The summed E-state index contributed by atoms with van der Waals surface area (Å²) in [6.45, 7) is 3.88. The molecule has 0 radical (unpaired) electrons. The summed E-state index contributed by atoms with van der Waals surface area (Å²) in [6.07, 6.45) is 0.0990. The molecule has 0 aromatic carbocycles. The standard InChI is InChI=1S/C13H20N2O6/c1-11(16)19-9-6-15(7-10-20-12(2)17)5-3-13(18)21-8-4-14/h3,5-10H2,1-2H3. The van der Waals surface area contributed by atoms with Crippen LogP contribution < -0.4 is 0 Å². The van der Waals surface area contributed by atoms with Gasteiger partial charge in [-0.1, -0.05) is 0 Å². The van der Waals surface area contributed by atoms with Gasteiger partial charge >= 0.3 is 17.9 Å². The van der Waals surface area contributed by atoms with Gasteiger partial charge in [0, 0.05) is 33.5 Å². The Morgan fingerprint density at radius 3 is 1.90 bits per heavy atom. The Balaban J connectivity index is 4.10. The molecule has 0 aromatic heterocycles. The zero-order valence-electron chi connectivity index (χ0n) is 12.3. The second kappa shape index (κ2) is 11.7. The molecule has 118 valence electrons. The molecule has 0 rings (SSSR count). The average Bonchev–Trinajstić information content (AvgIpc) is 2.41. The second-order valence-electron chi connectivity index (χ2n) is 4.09. The van der Waals surface area contributed by atoms with Crippen molar-refractivity contribution in [3.05, 3.63) is 0 Å². The van der Waals surface area contributed by atoms with Crippen LogP contribution in [0.15, 0.2) is 0 Å². The topological polar surface area (TPSA) is 106 Å². The third-order valence-corrected chi connectivity index (χ3v) is 2.36. The summed E-state index contributed by atoms with van der Waals surface area (Å²) in [4.78, 5) is 34.5. The Bertz CT molecular complexity index is 371. The van der Waals surface area contributed by atoms with Crippen LogP contribution in [0.1, 0.15) is 20.3 Å². The zero-order chi connectivity index (χ0) is 16.1. The van der Waals surface area contributed by atoms with Crippen molar-refractivity contribution in [2.24, 2.45) is 0 Å². The highest BCUT2D eigenvalue weighted by Gasteiger charge is 2.10. The molecule has 0 bridgehead atoms. The largest absolute Gasteiger partial charge is 0.465 e. The van der Waals surface area contributed by atoms with Gasteiger partial charge in [0.15, 0.2) is 6.61 Å². The van der Waals surface area contributed by atoms with Crippen molar-refractivity contribution in [3.63, 3.8) is 0 Å². The number of nitriles is 1. The predicted molar refractivity (Wildman–Crippen MR) is 70.9 cm³/mol. The number of ether oxygens (including phenoxy) is 3. The van der Waals surface area contributed by atoms with Gasteiger partial charge in [0.1, 0.15) is 19.3 Å². The van der Waals surface area contributed by atoms with Crippen molar-refractivity contribution < 1.29 is 28.6 Å². The van der Waals surface area contributed by atoms with Gasteiger partial charge in [-0.05, 0) is 0 Å². The van der Waals surface area contributed by atoms with Crippen LogP contribution in [0.3, 0.4) is 0 Å². The second-order valence-corrected chi connectivity index (χ2v) is 4.09. The lowest BCUT2D eigenvalue weighted by Crippen LogP contribution is -2.34. The smallest absolute Gasteiger partial charge is 0.308 e. The summed E-state index contributed by atoms with van der Waals surface area (Å²) in [5.74, 6) is -1.26. The number of carbonyl (C=O) groups is 3. The fourth-order valence-corrected chi connectivity index (χ4v) is 1.41. The van der Waals surface area contributed by atoms with Gasteiger partial charge in [0.05, 0.1) is 6.42 Å². The lowest BCUT2D eigenvalue weighted by molar-refractivity contribution is -0.145. The van der Waals surface area contributed by atoms with Crippen LogP contribution in [-0.4, -0.2) is 62.3 Å². The molecule has 0 heterocycles. The fourth-order valence-electron chi connectivity index (χ4n) is 1.41. The molecule has 0 saturated carbocycles. The van der Waals surface area contributed by atoms with Crippen LogP contribution in [0.5, 0.6) is 0 Å².